The molecule has 10 nitrogen and oxygen atoms in total. The molecule has 0 radical (unpaired) electrons. The van der Waals surface area contributed by atoms with Crippen molar-refractivity contribution in [3.8, 4) is 5.69 Å². The summed E-state index contributed by atoms with van der Waals surface area (Å²) in [7, 11) is 0. The van der Waals surface area contributed by atoms with E-state index in [2.05, 4.69) is 25.5 Å². The number of nitrogens with zero attached hydrogens (tertiary/aromatic N) is 8. The molecule has 0 unspecified atom stereocenters. The highest BCUT2D eigenvalue weighted by atomic mass is 35.5. The molecule has 0 bridgehead atoms. The van der Waals surface area contributed by atoms with E-state index in [9.17, 15) is 18.0 Å². The molecule has 3 atom stereocenters. The highest BCUT2D eigenvalue weighted by Gasteiger charge is 2.41. The molecular formula is C26H32ClF3N8O2. The molecule has 3 aromatic rings. The number of halogens is 4. The van der Waals surface area contributed by atoms with Gasteiger partial charge in [0, 0.05) is 29.7 Å². The molecule has 2 aromatic heterocycles. The van der Waals surface area contributed by atoms with Crippen LogP contribution in [0.25, 0.3) is 5.69 Å². The largest absolute Gasteiger partial charge is 0.447 e. The van der Waals surface area contributed by atoms with Gasteiger partial charge in [-0.25, -0.2) is 14.8 Å². The smallest absolute Gasteiger partial charge is 0.416 e. The fraction of sp³-hybridized carbons (Fsp3) is 0.538. The first-order valence-electron chi connectivity index (χ1n) is 13.2. The van der Waals surface area contributed by atoms with E-state index in [0.29, 0.717) is 42.9 Å². The zero-order chi connectivity index (χ0) is 29.0. The lowest BCUT2D eigenvalue weighted by atomic mass is 9.87. The van der Waals surface area contributed by atoms with Crippen LogP contribution in [-0.4, -0.2) is 65.4 Å². The fourth-order valence-electron chi connectivity index (χ4n) is 5.12. The summed E-state index contributed by atoms with van der Waals surface area (Å²) in [6.45, 7) is 7.71. The maximum Gasteiger partial charge on any atom is 0.416 e. The number of alkyl halides is 3. The van der Waals surface area contributed by atoms with Gasteiger partial charge in [-0.2, -0.15) is 17.9 Å². The number of tetrazole rings is 1. The highest BCUT2D eigenvalue weighted by Crippen LogP contribution is 2.35. The van der Waals surface area contributed by atoms with Gasteiger partial charge in [0.2, 0.25) is 5.95 Å². The van der Waals surface area contributed by atoms with Gasteiger partial charge in [-0.15, -0.1) is 5.10 Å². The number of ether oxygens (including phenoxy) is 1. The van der Waals surface area contributed by atoms with Gasteiger partial charge in [0.1, 0.15) is 12.0 Å². The number of anilines is 1. The van der Waals surface area contributed by atoms with E-state index in [-0.39, 0.29) is 41.9 Å². The number of benzene rings is 1. The van der Waals surface area contributed by atoms with Gasteiger partial charge in [0.15, 0.2) is 0 Å². The van der Waals surface area contributed by atoms with Crippen molar-refractivity contribution in [2.24, 2.45) is 0 Å². The monoisotopic (exact) mass is 580 g/mol. The Labute approximate surface area is 235 Å². The normalized spacial score (nSPS) is 19.6. The molecule has 1 amide bonds. The van der Waals surface area contributed by atoms with E-state index in [1.54, 1.807) is 12.4 Å². The molecule has 1 fully saturated rings. The summed E-state index contributed by atoms with van der Waals surface area (Å²) in [6.07, 6.45) is 1.84. The van der Waals surface area contributed by atoms with Gasteiger partial charge in [-0.05, 0) is 73.7 Å². The second-order valence-corrected chi connectivity index (χ2v) is 10.5. The number of hydrogen-bond donors (Lipinski definition) is 0. The van der Waals surface area contributed by atoms with Crippen LogP contribution >= 0.6 is 11.6 Å². The van der Waals surface area contributed by atoms with Crippen LogP contribution in [0.5, 0.6) is 0 Å². The number of carbonyl (C=O) groups excluding carboxylic acids is 1. The molecular weight excluding hydrogens is 549 g/mol. The zero-order valence-corrected chi connectivity index (χ0v) is 23.5. The summed E-state index contributed by atoms with van der Waals surface area (Å²) in [5.41, 5.74) is 0.0738. The van der Waals surface area contributed by atoms with Crippen molar-refractivity contribution in [3.05, 3.63) is 53.1 Å². The van der Waals surface area contributed by atoms with Crippen LogP contribution in [0.2, 0.25) is 5.02 Å². The van der Waals surface area contributed by atoms with E-state index in [1.165, 1.54) is 17.1 Å². The van der Waals surface area contributed by atoms with Crippen LogP contribution in [0, 0.1) is 0 Å². The Balaban J connectivity index is 1.70. The first-order valence-corrected chi connectivity index (χ1v) is 13.6. The van der Waals surface area contributed by atoms with Crippen molar-refractivity contribution < 1.29 is 22.7 Å². The molecule has 0 saturated carbocycles. The predicted octanol–water partition coefficient (Wildman–Crippen LogP) is 5.70. The van der Waals surface area contributed by atoms with Crippen LogP contribution in [0.4, 0.5) is 23.9 Å². The van der Waals surface area contributed by atoms with Gasteiger partial charge in [0.05, 0.1) is 24.1 Å². The summed E-state index contributed by atoms with van der Waals surface area (Å²) in [5.74, 6) is 0.332. The Morgan fingerprint density at radius 2 is 1.77 bits per heavy atom. The third-order valence-electron chi connectivity index (χ3n) is 6.94. The Bertz CT molecular complexity index is 1260. The first-order chi connectivity index (χ1) is 19.0. The summed E-state index contributed by atoms with van der Waals surface area (Å²) in [4.78, 5) is 25.8. The second kappa shape index (κ2) is 12.4. The van der Waals surface area contributed by atoms with Crippen molar-refractivity contribution in [3.63, 3.8) is 0 Å². The number of hydrogen-bond acceptors (Lipinski definition) is 8. The van der Waals surface area contributed by atoms with Crippen LogP contribution in [0.3, 0.4) is 0 Å². The number of carbonyl (C=O) groups is 1. The molecule has 14 heteroatoms. The number of rotatable bonds is 8. The molecule has 1 aromatic carbocycles. The molecule has 0 spiro atoms. The molecule has 1 aliphatic rings. The van der Waals surface area contributed by atoms with Crippen molar-refractivity contribution in [2.75, 3.05) is 4.90 Å². The van der Waals surface area contributed by atoms with E-state index in [0.717, 1.165) is 12.1 Å². The maximum atomic E-state index is 13.6. The van der Waals surface area contributed by atoms with E-state index in [4.69, 9.17) is 16.3 Å². The minimum atomic E-state index is -4.54. The van der Waals surface area contributed by atoms with Crippen molar-refractivity contribution >= 4 is 23.6 Å². The third-order valence-corrected chi connectivity index (χ3v) is 7.16. The molecule has 1 aliphatic heterocycles. The second-order valence-electron chi connectivity index (χ2n) is 10.1. The molecule has 0 aliphatic carbocycles. The lowest BCUT2D eigenvalue weighted by molar-refractivity contribution is -0.137. The Hall–Kier alpha value is -3.48. The molecule has 216 valence electrons. The maximum absolute atomic E-state index is 13.6. The molecule has 4 rings (SSSR count). The minimum absolute atomic E-state index is 0.0103. The Kier molecular flexibility index (Phi) is 9.12. The summed E-state index contributed by atoms with van der Waals surface area (Å²) in [6, 6.07) is 3.07. The van der Waals surface area contributed by atoms with Crippen LogP contribution in [-0.2, 0) is 17.5 Å². The average molecular weight is 581 g/mol. The molecule has 1 saturated heterocycles. The number of amides is 1. The lowest BCUT2D eigenvalue weighted by Crippen LogP contribution is -2.57. The Morgan fingerprint density at radius 3 is 2.30 bits per heavy atom. The number of piperidine rings is 1. The topological polar surface area (TPSA) is 102 Å². The number of aromatic nitrogens is 6. The van der Waals surface area contributed by atoms with Gasteiger partial charge in [-0.3, -0.25) is 0 Å². The summed E-state index contributed by atoms with van der Waals surface area (Å²) >= 11 is 6.11. The van der Waals surface area contributed by atoms with Gasteiger partial charge < -0.3 is 14.5 Å². The number of likely N-dealkylation sites (tertiary alicyclic amines) is 1. The van der Waals surface area contributed by atoms with Gasteiger partial charge in [-0.1, -0.05) is 25.4 Å². The molecule has 3 heterocycles. The first kappa shape index (κ1) is 29.5. The third kappa shape index (κ3) is 6.80. The van der Waals surface area contributed by atoms with E-state index >= 15 is 0 Å². The quantitative estimate of drug-likeness (QED) is 0.334. The highest BCUT2D eigenvalue weighted by molar-refractivity contribution is 6.30. The van der Waals surface area contributed by atoms with Crippen molar-refractivity contribution in [1.29, 1.82) is 0 Å². The molecule has 40 heavy (non-hydrogen) atoms. The lowest BCUT2D eigenvalue weighted by Gasteiger charge is -2.47. The van der Waals surface area contributed by atoms with Gasteiger partial charge >= 0.3 is 12.3 Å². The minimum Gasteiger partial charge on any atom is -0.447 e. The summed E-state index contributed by atoms with van der Waals surface area (Å²) < 4.78 is 47.7. The zero-order valence-electron chi connectivity index (χ0n) is 22.7. The van der Waals surface area contributed by atoms with Crippen LogP contribution in [0.15, 0.2) is 36.9 Å². The average Bonchev–Trinajstić information content (AvgIpc) is 3.45. The summed E-state index contributed by atoms with van der Waals surface area (Å²) in [5, 5.41) is 11.1. The van der Waals surface area contributed by atoms with E-state index < -0.39 is 11.7 Å². The van der Waals surface area contributed by atoms with Crippen molar-refractivity contribution in [2.45, 2.75) is 90.3 Å². The van der Waals surface area contributed by atoms with Gasteiger partial charge in [0.25, 0.3) is 0 Å². The molecule has 0 N–H and O–H groups in total. The Morgan fingerprint density at radius 1 is 1.12 bits per heavy atom. The predicted molar refractivity (Wildman–Crippen MR) is 142 cm³/mol. The fourth-order valence-corrected chi connectivity index (χ4v) is 5.37. The SMILES string of the molecule is CC[C@@H]1C[C@@H](N(Cc2cc(Cl)cc(C(F)(F)F)c2)c2ncc(-n3cnnn3)cn2)C[C@H](CC)N1C(=O)OC(C)C. The van der Waals surface area contributed by atoms with E-state index in [1.807, 2.05) is 37.5 Å². The standard InChI is InChI=1S/C26H32ClF3N8O2/c1-5-20-10-22(11-21(6-2)38(20)25(39)40-16(3)4)36(14-17-7-18(26(28,29)30)9-19(27)8-17)24-31-12-23(13-32-24)37-15-33-34-35-37/h7-9,12-13,15-16,20-22H,5-6,10-11,14H2,1-4H3/t20-,21+,22-. The van der Waals surface area contributed by atoms with Crippen LogP contribution < -0.4 is 4.90 Å². The van der Waals surface area contributed by atoms with Crippen LogP contribution in [0.1, 0.15) is 64.5 Å². The van der Waals surface area contributed by atoms with Crippen molar-refractivity contribution in [1.82, 2.24) is 35.1 Å².